The van der Waals surface area contributed by atoms with Crippen molar-refractivity contribution in [2.24, 2.45) is 0 Å². The lowest BCUT2D eigenvalue weighted by atomic mass is 10.1. The van der Waals surface area contributed by atoms with E-state index >= 15 is 0 Å². The Labute approximate surface area is 135 Å². The first-order valence-electron chi connectivity index (χ1n) is 7.70. The van der Waals surface area contributed by atoms with Crippen molar-refractivity contribution in [2.75, 3.05) is 18.5 Å². The molecule has 0 aliphatic rings. The van der Waals surface area contributed by atoms with Crippen LogP contribution in [0, 0.1) is 5.82 Å². The zero-order valence-electron chi connectivity index (χ0n) is 13.1. The van der Waals surface area contributed by atoms with Crippen LogP contribution < -0.4 is 15.4 Å². The van der Waals surface area contributed by atoms with Crippen LogP contribution in [0.5, 0.6) is 5.75 Å². The number of hydrogen-bond donors (Lipinski definition) is 2. The number of amides is 2. The number of carbonyl (C=O) groups is 1. The standard InChI is InChI=1S/C18H21FN2O2/c1-2-13-23-17-6-4-3-5-16(17)21-18(22)20-12-11-14-7-9-15(19)10-8-14/h3-10H,2,11-13H2,1H3,(H2,20,21,22). The Bertz CT molecular complexity index is 629. The highest BCUT2D eigenvalue weighted by atomic mass is 19.1. The van der Waals surface area contributed by atoms with Crippen molar-refractivity contribution in [1.29, 1.82) is 0 Å². The quantitative estimate of drug-likeness (QED) is 0.812. The van der Waals surface area contributed by atoms with Crippen LogP contribution in [-0.2, 0) is 6.42 Å². The summed E-state index contributed by atoms with van der Waals surface area (Å²) in [6, 6.07) is 13.3. The smallest absolute Gasteiger partial charge is 0.319 e. The number of anilines is 1. The summed E-state index contributed by atoms with van der Waals surface area (Å²) in [6.45, 7) is 3.10. The van der Waals surface area contributed by atoms with Crippen LogP contribution in [0.1, 0.15) is 18.9 Å². The molecule has 4 nitrogen and oxygen atoms in total. The Morgan fingerprint density at radius 1 is 1.13 bits per heavy atom. The largest absolute Gasteiger partial charge is 0.491 e. The summed E-state index contributed by atoms with van der Waals surface area (Å²) in [7, 11) is 0. The molecule has 0 aliphatic carbocycles. The van der Waals surface area contributed by atoms with Crippen LogP contribution in [0.3, 0.4) is 0 Å². The minimum Gasteiger partial charge on any atom is -0.491 e. The Morgan fingerprint density at radius 3 is 2.61 bits per heavy atom. The summed E-state index contributed by atoms with van der Waals surface area (Å²) in [5.74, 6) is 0.395. The molecule has 0 radical (unpaired) electrons. The molecule has 2 amide bonds. The van der Waals surface area contributed by atoms with Gasteiger partial charge >= 0.3 is 6.03 Å². The van der Waals surface area contributed by atoms with Crippen LogP contribution in [0.15, 0.2) is 48.5 Å². The average Bonchev–Trinajstić information content (AvgIpc) is 2.56. The van der Waals surface area contributed by atoms with Crippen molar-refractivity contribution in [3.05, 3.63) is 59.9 Å². The third-order valence-electron chi connectivity index (χ3n) is 3.21. The highest BCUT2D eigenvalue weighted by molar-refractivity contribution is 5.90. The molecule has 0 heterocycles. The Hall–Kier alpha value is -2.56. The first-order valence-corrected chi connectivity index (χ1v) is 7.70. The van der Waals surface area contributed by atoms with E-state index in [2.05, 4.69) is 10.6 Å². The van der Waals surface area contributed by atoms with E-state index in [1.807, 2.05) is 25.1 Å². The van der Waals surface area contributed by atoms with E-state index in [-0.39, 0.29) is 11.8 Å². The molecule has 23 heavy (non-hydrogen) atoms. The molecule has 0 spiro atoms. The van der Waals surface area contributed by atoms with Gasteiger partial charge in [0.1, 0.15) is 11.6 Å². The molecule has 2 aromatic carbocycles. The molecule has 2 rings (SSSR count). The molecule has 0 unspecified atom stereocenters. The lowest BCUT2D eigenvalue weighted by molar-refractivity contribution is 0.252. The van der Waals surface area contributed by atoms with Crippen LogP contribution in [0.2, 0.25) is 0 Å². The van der Waals surface area contributed by atoms with Crippen molar-refractivity contribution in [2.45, 2.75) is 19.8 Å². The zero-order chi connectivity index (χ0) is 16.5. The van der Waals surface area contributed by atoms with Crippen LogP contribution >= 0.6 is 0 Å². The topological polar surface area (TPSA) is 50.4 Å². The summed E-state index contributed by atoms with van der Waals surface area (Å²) in [5.41, 5.74) is 1.61. The highest BCUT2D eigenvalue weighted by Gasteiger charge is 2.06. The van der Waals surface area contributed by atoms with Gasteiger partial charge in [0.15, 0.2) is 0 Å². The fourth-order valence-corrected chi connectivity index (χ4v) is 2.05. The van der Waals surface area contributed by atoms with Crippen molar-refractivity contribution in [3.8, 4) is 5.75 Å². The Kier molecular flexibility index (Phi) is 6.41. The van der Waals surface area contributed by atoms with Crippen LogP contribution in [-0.4, -0.2) is 19.2 Å². The average molecular weight is 316 g/mol. The van der Waals surface area contributed by atoms with Gasteiger partial charge in [-0.25, -0.2) is 9.18 Å². The van der Waals surface area contributed by atoms with Gasteiger partial charge in [-0.05, 0) is 42.7 Å². The Balaban J connectivity index is 1.81. The van der Waals surface area contributed by atoms with Crippen molar-refractivity contribution >= 4 is 11.7 Å². The number of halogens is 1. The van der Waals surface area contributed by atoms with Crippen LogP contribution in [0.4, 0.5) is 14.9 Å². The number of ether oxygens (including phenoxy) is 1. The molecule has 0 saturated heterocycles. The molecule has 0 aromatic heterocycles. The second-order valence-corrected chi connectivity index (χ2v) is 5.10. The van der Waals surface area contributed by atoms with Gasteiger partial charge in [-0.15, -0.1) is 0 Å². The molecule has 0 saturated carbocycles. The third kappa shape index (κ3) is 5.62. The second kappa shape index (κ2) is 8.78. The molecular weight excluding hydrogens is 295 g/mol. The fraction of sp³-hybridized carbons (Fsp3) is 0.278. The lowest BCUT2D eigenvalue weighted by Crippen LogP contribution is -2.30. The predicted octanol–water partition coefficient (Wildman–Crippen LogP) is 3.98. The van der Waals surface area contributed by atoms with Gasteiger partial charge in [0.25, 0.3) is 0 Å². The van der Waals surface area contributed by atoms with Gasteiger partial charge in [-0.3, -0.25) is 0 Å². The summed E-state index contributed by atoms with van der Waals surface area (Å²) in [4.78, 5) is 11.9. The van der Waals surface area contributed by atoms with E-state index in [9.17, 15) is 9.18 Å². The third-order valence-corrected chi connectivity index (χ3v) is 3.21. The number of para-hydroxylation sites is 2. The SMILES string of the molecule is CCCOc1ccccc1NC(=O)NCCc1ccc(F)cc1. The first-order chi connectivity index (χ1) is 11.2. The molecule has 0 bridgehead atoms. The van der Waals surface area contributed by atoms with E-state index in [0.717, 1.165) is 12.0 Å². The molecule has 0 fully saturated rings. The maximum Gasteiger partial charge on any atom is 0.319 e. The monoisotopic (exact) mass is 316 g/mol. The minimum absolute atomic E-state index is 0.261. The molecule has 0 atom stereocenters. The van der Waals surface area contributed by atoms with E-state index in [0.29, 0.717) is 31.0 Å². The molecule has 5 heteroatoms. The van der Waals surface area contributed by atoms with Gasteiger partial charge < -0.3 is 15.4 Å². The number of rotatable bonds is 7. The van der Waals surface area contributed by atoms with E-state index < -0.39 is 0 Å². The number of nitrogens with one attached hydrogen (secondary N) is 2. The minimum atomic E-state index is -0.292. The predicted molar refractivity (Wildman–Crippen MR) is 89.4 cm³/mol. The van der Waals surface area contributed by atoms with E-state index in [4.69, 9.17) is 4.74 Å². The van der Waals surface area contributed by atoms with Crippen molar-refractivity contribution in [3.63, 3.8) is 0 Å². The lowest BCUT2D eigenvalue weighted by Gasteiger charge is -2.12. The summed E-state index contributed by atoms with van der Waals surface area (Å²) in [6.07, 6.45) is 1.54. The van der Waals surface area contributed by atoms with Crippen LogP contribution in [0.25, 0.3) is 0 Å². The normalized spacial score (nSPS) is 10.2. The summed E-state index contributed by atoms with van der Waals surface area (Å²) < 4.78 is 18.4. The maximum atomic E-state index is 12.8. The van der Waals surface area contributed by atoms with Gasteiger partial charge in [-0.2, -0.15) is 0 Å². The molecule has 122 valence electrons. The van der Waals surface area contributed by atoms with E-state index in [1.165, 1.54) is 12.1 Å². The Morgan fingerprint density at radius 2 is 1.87 bits per heavy atom. The van der Waals surface area contributed by atoms with E-state index in [1.54, 1.807) is 18.2 Å². The number of urea groups is 1. The zero-order valence-corrected chi connectivity index (χ0v) is 13.1. The number of hydrogen-bond acceptors (Lipinski definition) is 2. The fourth-order valence-electron chi connectivity index (χ4n) is 2.05. The molecule has 2 aromatic rings. The molecule has 0 aliphatic heterocycles. The van der Waals surface area contributed by atoms with Crippen molar-refractivity contribution < 1.29 is 13.9 Å². The van der Waals surface area contributed by atoms with Crippen molar-refractivity contribution in [1.82, 2.24) is 5.32 Å². The maximum absolute atomic E-state index is 12.8. The number of benzene rings is 2. The summed E-state index contributed by atoms with van der Waals surface area (Å²) >= 11 is 0. The molecule has 2 N–H and O–H groups in total. The van der Waals surface area contributed by atoms with Gasteiger partial charge in [-0.1, -0.05) is 31.2 Å². The number of carbonyl (C=O) groups excluding carboxylic acids is 1. The van der Waals surface area contributed by atoms with Gasteiger partial charge in [0.2, 0.25) is 0 Å². The molecular formula is C18H21FN2O2. The second-order valence-electron chi connectivity index (χ2n) is 5.10. The highest BCUT2D eigenvalue weighted by Crippen LogP contribution is 2.23. The van der Waals surface area contributed by atoms with Gasteiger partial charge in [0, 0.05) is 6.54 Å². The first kappa shape index (κ1) is 16.8. The summed E-state index contributed by atoms with van der Waals surface area (Å²) in [5, 5.41) is 5.56. The van der Waals surface area contributed by atoms with Gasteiger partial charge in [0.05, 0.1) is 12.3 Å².